The van der Waals surface area contributed by atoms with E-state index in [0.29, 0.717) is 5.75 Å². The molecule has 1 N–H and O–H groups in total. The van der Waals surface area contributed by atoms with E-state index in [-0.39, 0.29) is 5.69 Å². The molecular weight excluding hydrogens is 357 g/mol. The number of ether oxygens (including phenoxy) is 2. The fourth-order valence-electron chi connectivity index (χ4n) is 2.01. The number of nitrogens with zero attached hydrogens (tertiary/aromatic N) is 3. The number of methoxy groups -OCH3 is 2. The third kappa shape index (κ3) is 3.59. The number of alkyl halides is 3. The normalized spacial score (nSPS) is 10.8. The molecule has 0 aliphatic rings. The van der Waals surface area contributed by atoms with E-state index in [1.807, 2.05) is 0 Å². The van der Waals surface area contributed by atoms with Crippen LogP contribution in [0.4, 0.5) is 18.9 Å². The standard InChI is InChI=1S/C15H11F3N4O4/c1-25-9-5-3-4-8(6-9)22-12(13(23)26-2)11(10(7-19)21-22)20-14(24)15(16,17)18/h3-6H,1-2H3,(H,20,24). The fraction of sp³-hybridized carbons (Fsp3) is 0.200. The molecule has 136 valence electrons. The molecule has 1 heterocycles. The Bertz CT molecular complexity index is 899. The summed E-state index contributed by atoms with van der Waals surface area (Å²) in [5.74, 6) is -3.09. The number of nitriles is 1. The number of hydrogen-bond donors (Lipinski definition) is 1. The zero-order valence-corrected chi connectivity index (χ0v) is 13.4. The molecule has 1 amide bonds. The summed E-state index contributed by atoms with van der Waals surface area (Å²) >= 11 is 0. The predicted octanol–water partition coefficient (Wildman–Crippen LogP) is 2.04. The Morgan fingerprint density at radius 2 is 2.00 bits per heavy atom. The van der Waals surface area contributed by atoms with Crippen molar-refractivity contribution in [3.63, 3.8) is 0 Å². The van der Waals surface area contributed by atoms with Gasteiger partial charge in [0.05, 0.1) is 19.9 Å². The van der Waals surface area contributed by atoms with Crippen LogP contribution < -0.4 is 10.1 Å². The van der Waals surface area contributed by atoms with E-state index in [4.69, 9.17) is 10.00 Å². The van der Waals surface area contributed by atoms with Crippen molar-refractivity contribution in [3.05, 3.63) is 35.7 Å². The number of rotatable bonds is 4. The first-order valence-electron chi connectivity index (χ1n) is 6.87. The number of aromatic nitrogens is 2. The molecule has 0 saturated carbocycles. The zero-order valence-electron chi connectivity index (χ0n) is 13.4. The molecule has 0 spiro atoms. The maximum atomic E-state index is 12.6. The van der Waals surface area contributed by atoms with Gasteiger partial charge in [-0.1, -0.05) is 6.07 Å². The second-order valence-electron chi connectivity index (χ2n) is 4.74. The Balaban J connectivity index is 2.68. The lowest BCUT2D eigenvalue weighted by atomic mass is 10.2. The maximum Gasteiger partial charge on any atom is 0.471 e. The molecule has 26 heavy (non-hydrogen) atoms. The Kier molecular flexibility index (Phi) is 5.16. The molecule has 11 heteroatoms. The van der Waals surface area contributed by atoms with Crippen molar-refractivity contribution in [1.29, 1.82) is 5.26 Å². The van der Waals surface area contributed by atoms with Gasteiger partial charge in [0, 0.05) is 6.07 Å². The number of nitrogens with one attached hydrogen (secondary N) is 1. The predicted molar refractivity (Wildman–Crippen MR) is 80.9 cm³/mol. The SMILES string of the molecule is COC(=O)c1c(NC(=O)C(F)(F)F)c(C#N)nn1-c1cccc(OC)c1. The van der Waals surface area contributed by atoms with Crippen molar-refractivity contribution in [2.45, 2.75) is 6.18 Å². The summed E-state index contributed by atoms with van der Waals surface area (Å²) in [5, 5.41) is 14.4. The molecular formula is C15H11F3N4O4. The molecule has 1 aromatic carbocycles. The van der Waals surface area contributed by atoms with E-state index < -0.39 is 35.1 Å². The molecule has 8 nitrogen and oxygen atoms in total. The Labute approximate surface area is 144 Å². The van der Waals surface area contributed by atoms with Gasteiger partial charge in [0.1, 0.15) is 17.5 Å². The number of halogens is 3. The topological polar surface area (TPSA) is 106 Å². The smallest absolute Gasteiger partial charge is 0.471 e. The second kappa shape index (κ2) is 7.14. The van der Waals surface area contributed by atoms with Gasteiger partial charge in [-0.2, -0.15) is 23.5 Å². The van der Waals surface area contributed by atoms with Crippen LogP contribution in [0.1, 0.15) is 16.2 Å². The largest absolute Gasteiger partial charge is 0.497 e. The highest BCUT2D eigenvalue weighted by atomic mass is 19.4. The molecule has 0 unspecified atom stereocenters. The van der Waals surface area contributed by atoms with Crippen molar-refractivity contribution in [2.75, 3.05) is 19.5 Å². The number of benzene rings is 1. The van der Waals surface area contributed by atoms with Crippen molar-refractivity contribution < 1.29 is 32.2 Å². The first-order chi connectivity index (χ1) is 12.2. The quantitative estimate of drug-likeness (QED) is 0.828. The number of carbonyl (C=O) groups excluding carboxylic acids is 2. The number of esters is 1. The Morgan fingerprint density at radius 1 is 1.31 bits per heavy atom. The van der Waals surface area contributed by atoms with Gasteiger partial charge in [-0.3, -0.25) is 4.79 Å². The van der Waals surface area contributed by atoms with Gasteiger partial charge >= 0.3 is 18.1 Å². The third-order valence-electron chi connectivity index (χ3n) is 3.16. The average Bonchev–Trinajstić information content (AvgIpc) is 2.98. The summed E-state index contributed by atoms with van der Waals surface area (Å²) in [6, 6.07) is 7.56. The van der Waals surface area contributed by atoms with E-state index in [2.05, 4.69) is 9.84 Å². The molecule has 2 aromatic rings. The van der Waals surface area contributed by atoms with E-state index in [0.717, 1.165) is 11.8 Å². The summed E-state index contributed by atoms with van der Waals surface area (Å²) in [5.41, 5.74) is -1.64. The number of amides is 1. The van der Waals surface area contributed by atoms with E-state index >= 15 is 0 Å². The molecule has 0 aliphatic heterocycles. The molecule has 0 bridgehead atoms. The molecule has 1 aromatic heterocycles. The van der Waals surface area contributed by atoms with Crippen LogP contribution in [0.3, 0.4) is 0 Å². The Hall–Kier alpha value is -3.55. The summed E-state index contributed by atoms with van der Waals surface area (Å²) < 4.78 is 48.1. The first-order valence-corrected chi connectivity index (χ1v) is 6.87. The van der Waals surface area contributed by atoms with Crippen molar-refractivity contribution in [2.24, 2.45) is 0 Å². The highest BCUT2D eigenvalue weighted by Crippen LogP contribution is 2.28. The summed E-state index contributed by atoms with van der Waals surface area (Å²) in [7, 11) is 2.38. The van der Waals surface area contributed by atoms with Gasteiger partial charge < -0.3 is 14.8 Å². The van der Waals surface area contributed by atoms with Crippen molar-refractivity contribution in [1.82, 2.24) is 9.78 Å². The van der Waals surface area contributed by atoms with Crippen LogP contribution in [0.25, 0.3) is 5.69 Å². The van der Waals surface area contributed by atoms with Crippen LogP contribution in [-0.4, -0.2) is 42.1 Å². The monoisotopic (exact) mass is 368 g/mol. The van der Waals surface area contributed by atoms with Crippen LogP contribution in [0.5, 0.6) is 5.75 Å². The molecule has 0 fully saturated rings. The van der Waals surface area contributed by atoms with Crippen LogP contribution in [-0.2, 0) is 9.53 Å². The zero-order chi connectivity index (χ0) is 19.5. The number of carbonyl (C=O) groups is 2. The average molecular weight is 368 g/mol. The number of anilines is 1. The van der Waals surface area contributed by atoms with Gasteiger partial charge in [-0.15, -0.1) is 0 Å². The Morgan fingerprint density at radius 3 is 2.54 bits per heavy atom. The highest BCUT2D eigenvalue weighted by Gasteiger charge is 2.40. The van der Waals surface area contributed by atoms with Gasteiger partial charge in [0.25, 0.3) is 0 Å². The minimum absolute atomic E-state index is 0.203. The van der Waals surface area contributed by atoms with Gasteiger partial charge in [-0.05, 0) is 12.1 Å². The number of hydrogen-bond acceptors (Lipinski definition) is 6. The molecule has 0 atom stereocenters. The lowest BCUT2D eigenvalue weighted by Crippen LogP contribution is -2.31. The molecule has 0 saturated heterocycles. The van der Waals surface area contributed by atoms with E-state index in [1.54, 1.807) is 6.07 Å². The van der Waals surface area contributed by atoms with E-state index in [9.17, 15) is 22.8 Å². The van der Waals surface area contributed by atoms with E-state index in [1.165, 1.54) is 36.7 Å². The first kappa shape index (κ1) is 18.8. The van der Waals surface area contributed by atoms with Gasteiger partial charge in [0.15, 0.2) is 11.4 Å². The summed E-state index contributed by atoms with van der Waals surface area (Å²) in [6.07, 6.45) is -5.22. The second-order valence-corrected chi connectivity index (χ2v) is 4.74. The third-order valence-corrected chi connectivity index (χ3v) is 3.16. The van der Waals surface area contributed by atoms with Gasteiger partial charge in [-0.25, -0.2) is 9.48 Å². The maximum absolute atomic E-state index is 12.6. The van der Waals surface area contributed by atoms with Crippen molar-refractivity contribution in [3.8, 4) is 17.5 Å². The molecule has 2 rings (SSSR count). The van der Waals surface area contributed by atoms with Crippen LogP contribution >= 0.6 is 0 Å². The minimum atomic E-state index is -5.22. The van der Waals surface area contributed by atoms with Crippen LogP contribution in [0.2, 0.25) is 0 Å². The summed E-state index contributed by atoms with van der Waals surface area (Å²) in [6.45, 7) is 0. The molecule has 0 radical (unpaired) electrons. The minimum Gasteiger partial charge on any atom is -0.497 e. The van der Waals surface area contributed by atoms with Gasteiger partial charge in [0.2, 0.25) is 0 Å². The van der Waals surface area contributed by atoms with Crippen LogP contribution in [0.15, 0.2) is 24.3 Å². The van der Waals surface area contributed by atoms with Crippen molar-refractivity contribution >= 4 is 17.6 Å². The fourth-order valence-corrected chi connectivity index (χ4v) is 2.01. The lowest BCUT2D eigenvalue weighted by molar-refractivity contribution is -0.167. The molecule has 0 aliphatic carbocycles. The van der Waals surface area contributed by atoms with Crippen LogP contribution in [0, 0.1) is 11.3 Å². The highest BCUT2D eigenvalue weighted by molar-refractivity contribution is 6.03. The summed E-state index contributed by atoms with van der Waals surface area (Å²) in [4.78, 5) is 23.3. The lowest BCUT2D eigenvalue weighted by Gasteiger charge is -2.10.